The van der Waals surface area contributed by atoms with Gasteiger partial charge >= 0.3 is 0 Å². The first-order chi connectivity index (χ1) is 10.8. The molecule has 0 aliphatic carbocycles. The molecule has 2 N–H and O–H groups in total. The number of hydrogen-bond acceptors (Lipinski definition) is 4. The van der Waals surface area contributed by atoms with Gasteiger partial charge in [0.05, 0.1) is 20.3 Å². The van der Waals surface area contributed by atoms with E-state index in [0.717, 1.165) is 5.56 Å². The zero-order valence-electron chi connectivity index (χ0n) is 14.6. The van der Waals surface area contributed by atoms with Gasteiger partial charge in [0, 0.05) is 12.5 Å². The number of carbonyl (C=O) groups is 2. The minimum absolute atomic E-state index is 0.0155. The monoisotopic (exact) mass is 322 g/mol. The fourth-order valence-corrected chi connectivity index (χ4v) is 2.31. The third-order valence-electron chi connectivity index (χ3n) is 3.57. The molecule has 0 saturated carbocycles. The first-order valence-electron chi connectivity index (χ1n) is 7.59. The van der Waals surface area contributed by atoms with Gasteiger partial charge in [-0.15, -0.1) is 0 Å². The molecule has 23 heavy (non-hydrogen) atoms. The van der Waals surface area contributed by atoms with Gasteiger partial charge in [0.15, 0.2) is 0 Å². The highest BCUT2D eigenvalue weighted by molar-refractivity contribution is 5.87. The minimum Gasteiger partial charge on any atom is -0.497 e. The molecule has 2 atom stereocenters. The highest BCUT2D eigenvalue weighted by Crippen LogP contribution is 2.29. The molecule has 0 unspecified atom stereocenters. The Labute approximate surface area is 137 Å². The van der Waals surface area contributed by atoms with E-state index < -0.39 is 6.04 Å². The molecule has 1 aromatic rings. The summed E-state index contributed by atoms with van der Waals surface area (Å²) in [4.78, 5) is 23.7. The van der Waals surface area contributed by atoms with Gasteiger partial charge in [-0.3, -0.25) is 9.59 Å². The lowest BCUT2D eigenvalue weighted by Crippen LogP contribution is -2.49. The number of amides is 2. The highest BCUT2D eigenvalue weighted by atomic mass is 16.5. The van der Waals surface area contributed by atoms with Crippen molar-refractivity contribution in [3.63, 3.8) is 0 Å². The van der Waals surface area contributed by atoms with Crippen molar-refractivity contribution in [1.82, 2.24) is 10.6 Å². The SMILES string of the molecule is COc1ccc(OC)c([C@@H](C)NC(=O)[C@H](NC(C)=O)C(C)C)c1. The number of carbonyl (C=O) groups excluding carboxylic acids is 2. The topological polar surface area (TPSA) is 76.7 Å². The Morgan fingerprint density at radius 1 is 1.04 bits per heavy atom. The van der Waals surface area contributed by atoms with Crippen molar-refractivity contribution in [3.05, 3.63) is 23.8 Å². The van der Waals surface area contributed by atoms with Crippen molar-refractivity contribution in [2.45, 2.75) is 39.8 Å². The Morgan fingerprint density at radius 2 is 1.70 bits per heavy atom. The number of nitrogens with one attached hydrogen (secondary N) is 2. The van der Waals surface area contributed by atoms with E-state index in [2.05, 4.69) is 10.6 Å². The van der Waals surface area contributed by atoms with Gasteiger partial charge in [-0.2, -0.15) is 0 Å². The maximum atomic E-state index is 12.5. The highest BCUT2D eigenvalue weighted by Gasteiger charge is 2.25. The number of benzene rings is 1. The molecule has 128 valence electrons. The lowest BCUT2D eigenvalue weighted by molar-refractivity contribution is -0.129. The second-order valence-electron chi connectivity index (χ2n) is 5.76. The van der Waals surface area contributed by atoms with Crippen LogP contribution in [0.25, 0.3) is 0 Å². The van der Waals surface area contributed by atoms with Crippen molar-refractivity contribution in [3.8, 4) is 11.5 Å². The zero-order chi connectivity index (χ0) is 17.6. The lowest BCUT2D eigenvalue weighted by Gasteiger charge is -2.24. The van der Waals surface area contributed by atoms with Crippen LogP contribution in [0.15, 0.2) is 18.2 Å². The van der Waals surface area contributed by atoms with Crippen LogP contribution in [0.5, 0.6) is 11.5 Å². The van der Waals surface area contributed by atoms with Gasteiger partial charge in [-0.05, 0) is 31.0 Å². The van der Waals surface area contributed by atoms with Crippen LogP contribution < -0.4 is 20.1 Å². The van der Waals surface area contributed by atoms with E-state index in [9.17, 15) is 9.59 Å². The van der Waals surface area contributed by atoms with E-state index in [1.165, 1.54) is 6.92 Å². The second-order valence-corrected chi connectivity index (χ2v) is 5.76. The largest absolute Gasteiger partial charge is 0.497 e. The molecule has 0 saturated heterocycles. The van der Waals surface area contributed by atoms with Crippen molar-refractivity contribution in [2.24, 2.45) is 5.92 Å². The average molecular weight is 322 g/mol. The number of rotatable bonds is 7. The van der Waals surface area contributed by atoms with E-state index in [0.29, 0.717) is 11.5 Å². The number of methoxy groups -OCH3 is 2. The van der Waals surface area contributed by atoms with Crippen molar-refractivity contribution in [2.75, 3.05) is 14.2 Å². The fourth-order valence-electron chi connectivity index (χ4n) is 2.31. The third kappa shape index (κ3) is 5.16. The first kappa shape index (κ1) is 18.8. The quantitative estimate of drug-likeness (QED) is 0.805. The van der Waals surface area contributed by atoms with Gasteiger partial charge in [0.2, 0.25) is 11.8 Å². The molecule has 0 aromatic heterocycles. The van der Waals surface area contributed by atoms with Gasteiger partial charge in [0.25, 0.3) is 0 Å². The predicted octanol–water partition coefficient (Wildman–Crippen LogP) is 2.04. The van der Waals surface area contributed by atoms with Crippen LogP contribution in [0.1, 0.15) is 39.3 Å². The van der Waals surface area contributed by atoms with E-state index >= 15 is 0 Å². The molecule has 1 rings (SSSR count). The summed E-state index contributed by atoms with van der Waals surface area (Å²) in [6.45, 7) is 7.03. The van der Waals surface area contributed by atoms with Crippen LogP contribution in [-0.2, 0) is 9.59 Å². The van der Waals surface area contributed by atoms with Gasteiger partial charge in [-0.1, -0.05) is 13.8 Å². The number of ether oxygens (including phenoxy) is 2. The van der Waals surface area contributed by atoms with Crippen LogP contribution >= 0.6 is 0 Å². The molecule has 2 amide bonds. The molecular weight excluding hydrogens is 296 g/mol. The first-order valence-corrected chi connectivity index (χ1v) is 7.59. The summed E-state index contributed by atoms with van der Waals surface area (Å²) in [6.07, 6.45) is 0. The summed E-state index contributed by atoms with van der Waals surface area (Å²) >= 11 is 0. The Morgan fingerprint density at radius 3 is 2.17 bits per heavy atom. The molecule has 0 radical (unpaired) electrons. The normalized spacial score (nSPS) is 13.2. The van der Waals surface area contributed by atoms with E-state index in [1.807, 2.05) is 26.8 Å². The van der Waals surface area contributed by atoms with Crippen molar-refractivity contribution in [1.29, 1.82) is 0 Å². The van der Waals surface area contributed by atoms with Crippen molar-refractivity contribution < 1.29 is 19.1 Å². The molecule has 0 bridgehead atoms. The van der Waals surface area contributed by atoms with E-state index in [4.69, 9.17) is 9.47 Å². The standard InChI is InChI=1S/C17H26N2O4/c1-10(2)16(19-12(4)20)17(21)18-11(3)14-9-13(22-5)7-8-15(14)23-6/h7-11,16H,1-6H3,(H,18,21)(H,19,20)/t11-,16-/m1/s1. The van der Waals surface area contributed by atoms with Crippen LogP contribution in [0, 0.1) is 5.92 Å². The Kier molecular flexibility index (Phi) is 6.88. The summed E-state index contributed by atoms with van der Waals surface area (Å²) in [5, 5.41) is 5.60. The molecule has 6 heteroatoms. The average Bonchev–Trinajstić information content (AvgIpc) is 2.51. The fraction of sp³-hybridized carbons (Fsp3) is 0.529. The third-order valence-corrected chi connectivity index (χ3v) is 3.57. The Balaban J connectivity index is 2.95. The molecule has 0 heterocycles. The predicted molar refractivity (Wildman–Crippen MR) is 88.5 cm³/mol. The van der Waals surface area contributed by atoms with Gasteiger partial charge in [-0.25, -0.2) is 0 Å². The Hall–Kier alpha value is -2.24. The van der Waals surface area contributed by atoms with Gasteiger partial charge < -0.3 is 20.1 Å². The summed E-state index contributed by atoms with van der Waals surface area (Å²) in [7, 11) is 3.16. The molecule has 1 aromatic carbocycles. The smallest absolute Gasteiger partial charge is 0.243 e. The maximum absolute atomic E-state index is 12.5. The lowest BCUT2D eigenvalue weighted by atomic mass is 10.0. The van der Waals surface area contributed by atoms with Gasteiger partial charge in [0.1, 0.15) is 17.5 Å². The summed E-state index contributed by atoms with van der Waals surface area (Å²) in [5.74, 6) is 0.875. The molecular formula is C17H26N2O4. The summed E-state index contributed by atoms with van der Waals surface area (Å²) in [6, 6.07) is 4.55. The molecule has 0 aliphatic rings. The zero-order valence-corrected chi connectivity index (χ0v) is 14.6. The molecule has 6 nitrogen and oxygen atoms in total. The molecule has 0 spiro atoms. The maximum Gasteiger partial charge on any atom is 0.243 e. The van der Waals surface area contributed by atoms with Crippen LogP contribution in [-0.4, -0.2) is 32.1 Å². The minimum atomic E-state index is -0.577. The van der Waals surface area contributed by atoms with Crippen LogP contribution in [0.3, 0.4) is 0 Å². The number of hydrogen-bond donors (Lipinski definition) is 2. The van der Waals surface area contributed by atoms with Crippen molar-refractivity contribution >= 4 is 11.8 Å². The molecule has 0 aliphatic heterocycles. The summed E-state index contributed by atoms with van der Waals surface area (Å²) < 4.78 is 10.6. The second kappa shape index (κ2) is 8.41. The van der Waals surface area contributed by atoms with Crippen LogP contribution in [0.2, 0.25) is 0 Å². The summed E-state index contributed by atoms with van der Waals surface area (Å²) in [5.41, 5.74) is 0.811. The van der Waals surface area contributed by atoms with E-state index in [-0.39, 0.29) is 23.8 Å². The van der Waals surface area contributed by atoms with Crippen LogP contribution in [0.4, 0.5) is 0 Å². The van der Waals surface area contributed by atoms with E-state index in [1.54, 1.807) is 26.4 Å². The molecule has 0 fully saturated rings. The Bertz CT molecular complexity index is 558.